The molecule has 0 aliphatic rings. The van der Waals surface area contributed by atoms with Crippen molar-refractivity contribution in [3.63, 3.8) is 0 Å². The van der Waals surface area contributed by atoms with Crippen LogP contribution in [0.2, 0.25) is 0 Å². The predicted octanol–water partition coefficient (Wildman–Crippen LogP) is 3.19. The Kier molecular flexibility index (Phi) is 4.02. The van der Waals surface area contributed by atoms with Crippen molar-refractivity contribution in [1.29, 1.82) is 0 Å². The molecule has 0 N–H and O–H groups in total. The quantitative estimate of drug-likeness (QED) is 0.715. The number of hydrogen-bond donors (Lipinski definition) is 0. The highest BCUT2D eigenvalue weighted by atomic mass is 15.1. The fraction of sp³-hybridized carbons (Fsp3) is 0.278. The van der Waals surface area contributed by atoms with Crippen LogP contribution < -0.4 is 0 Å². The molecule has 3 heteroatoms. The van der Waals surface area contributed by atoms with E-state index in [1.54, 1.807) is 0 Å². The van der Waals surface area contributed by atoms with Gasteiger partial charge in [-0.15, -0.1) is 0 Å². The van der Waals surface area contributed by atoms with Crippen LogP contribution in [0.1, 0.15) is 11.1 Å². The molecule has 0 saturated heterocycles. The Morgan fingerprint density at radius 1 is 1.10 bits per heavy atom. The number of hydrogen-bond acceptors (Lipinski definition) is 2. The van der Waals surface area contributed by atoms with Crippen LogP contribution in [0.25, 0.3) is 10.9 Å². The van der Waals surface area contributed by atoms with Crippen molar-refractivity contribution >= 4 is 10.9 Å². The first-order valence-corrected chi connectivity index (χ1v) is 7.34. The highest BCUT2D eigenvalue weighted by Gasteiger charge is 2.09. The molecule has 0 amide bonds. The number of fused-ring (bicyclic) bond motifs is 1. The fourth-order valence-electron chi connectivity index (χ4n) is 2.66. The number of benzene rings is 1. The minimum absolute atomic E-state index is 0.956. The Morgan fingerprint density at radius 2 is 1.90 bits per heavy atom. The lowest BCUT2D eigenvalue weighted by atomic mass is 10.1. The molecule has 0 radical (unpaired) electrons. The second-order valence-electron chi connectivity index (χ2n) is 5.71. The highest BCUT2D eigenvalue weighted by molar-refractivity contribution is 5.83. The van der Waals surface area contributed by atoms with Crippen LogP contribution in [0.4, 0.5) is 0 Å². The van der Waals surface area contributed by atoms with Crippen LogP contribution in [0.15, 0.2) is 55.0 Å². The molecular weight excluding hydrogens is 258 g/mol. The molecule has 2 aromatic heterocycles. The maximum atomic E-state index is 4.30. The molecule has 0 unspecified atom stereocenters. The third-order valence-corrected chi connectivity index (χ3v) is 3.79. The number of aromatic nitrogens is 2. The Balaban J connectivity index is 1.95. The van der Waals surface area contributed by atoms with E-state index < -0.39 is 0 Å². The van der Waals surface area contributed by atoms with Crippen LogP contribution in [0.5, 0.6) is 0 Å². The smallest absolute Gasteiger partial charge is 0.0514 e. The van der Waals surface area contributed by atoms with Gasteiger partial charge in [0.2, 0.25) is 0 Å². The molecule has 0 aliphatic heterocycles. The van der Waals surface area contributed by atoms with E-state index >= 15 is 0 Å². The van der Waals surface area contributed by atoms with E-state index in [4.69, 9.17) is 0 Å². The second-order valence-corrected chi connectivity index (χ2v) is 5.71. The van der Waals surface area contributed by atoms with Crippen molar-refractivity contribution in [2.75, 3.05) is 20.6 Å². The predicted molar refractivity (Wildman–Crippen MR) is 87.5 cm³/mol. The Hall–Kier alpha value is -2.13. The molecule has 0 saturated carbocycles. The van der Waals surface area contributed by atoms with Crippen molar-refractivity contribution in [2.45, 2.75) is 13.0 Å². The van der Waals surface area contributed by atoms with Crippen molar-refractivity contribution in [1.82, 2.24) is 14.5 Å². The van der Waals surface area contributed by atoms with Crippen LogP contribution >= 0.6 is 0 Å². The Bertz CT molecular complexity index is 714. The van der Waals surface area contributed by atoms with Crippen LogP contribution in [0.3, 0.4) is 0 Å². The second kappa shape index (κ2) is 6.10. The molecule has 21 heavy (non-hydrogen) atoms. The van der Waals surface area contributed by atoms with Gasteiger partial charge in [-0.2, -0.15) is 0 Å². The van der Waals surface area contributed by atoms with E-state index in [9.17, 15) is 0 Å². The van der Waals surface area contributed by atoms with Crippen molar-refractivity contribution in [3.8, 4) is 0 Å². The summed E-state index contributed by atoms with van der Waals surface area (Å²) in [5, 5.41) is 1.26. The topological polar surface area (TPSA) is 21.1 Å². The summed E-state index contributed by atoms with van der Waals surface area (Å²) in [4.78, 5) is 6.51. The summed E-state index contributed by atoms with van der Waals surface area (Å²) in [5.74, 6) is 0. The van der Waals surface area contributed by atoms with Crippen LogP contribution in [0, 0.1) is 0 Å². The van der Waals surface area contributed by atoms with Gasteiger partial charge < -0.3 is 9.47 Å². The van der Waals surface area contributed by atoms with Gasteiger partial charge in [-0.1, -0.05) is 30.3 Å². The zero-order valence-electron chi connectivity index (χ0n) is 12.7. The maximum absolute atomic E-state index is 4.30. The third-order valence-electron chi connectivity index (χ3n) is 3.79. The van der Waals surface area contributed by atoms with E-state index in [1.807, 2.05) is 12.4 Å². The summed E-state index contributed by atoms with van der Waals surface area (Å²) >= 11 is 0. The van der Waals surface area contributed by atoms with Gasteiger partial charge in [-0.3, -0.25) is 4.98 Å². The Labute approximate surface area is 125 Å². The lowest BCUT2D eigenvalue weighted by Gasteiger charge is -2.10. The molecule has 2 heterocycles. The van der Waals surface area contributed by atoms with Crippen molar-refractivity contribution < 1.29 is 0 Å². The van der Waals surface area contributed by atoms with E-state index in [-0.39, 0.29) is 0 Å². The molecule has 0 fully saturated rings. The van der Waals surface area contributed by atoms with Gasteiger partial charge in [0, 0.05) is 37.1 Å². The standard InChI is InChI=1S/C18H21N3/c1-20(2)10-11-21-14-16(12-15-6-4-3-5-7-15)17-13-19-9-8-18(17)21/h3-9,13-14H,10-12H2,1-2H3. The average molecular weight is 279 g/mol. The monoisotopic (exact) mass is 279 g/mol. The minimum Gasteiger partial charge on any atom is -0.346 e. The first-order valence-electron chi connectivity index (χ1n) is 7.34. The summed E-state index contributed by atoms with van der Waals surface area (Å²) in [6.07, 6.45) is 7.10. The largest absolute Gasteiger partial charge is 0.346 e. The summed E-state index contributed by atoms with van der Waals surface area (Å²) < 4.78 is 2.34. The molecule has 1 aromatic carbocycles. The van der Waals surface area contributed by atoms with Crippen LogP contribution in [-0.4, -0.2) is 35.1 Å². The molecule has 0 spiro atoms. The number of pyridine rings is 1. The number of likely N-dealkylation sites (N-methyl/N-ethyl adjacent to an activating group) is 1. The van der Waals surface area contributed by atoms with Crippen molar-refractivity contribution in [2.24, 2.45) is 0 Å². The zero-order valence-corrected chi connectivity index (χ0v) is 12.7. The van der Waals surface area contributed by atoms with Gasteiger partial charge in [0.15, 0.2) is 0 Å². The third kappa shape index (κ3) is 3.14. The summed E-state index contributed by atoms with van der Waals surface area (Å²) in [5.41, 5.74) is 3.97. The molecule has 3 rings (SSSR count). The molecule has 0 aliphatic carbocycles. The highest BCUT2D eigenvalue weighted by Crippen LogP contribution is 2.23. The maximum Gasteiger partial charge on any atom is 0.0514 e. The molecule has 3 nitrogen and oxygen atoms in total. The number of nitrogens with zero attached hydrogens (tertiary/aromatic N) is 3. The Morgan fingerprint density at radius 3 is 2.67 bits per heavy atom. The van der Waals surface area contributed by atoms with Gasteiger partial charge in [0.25, 0.3) is 0 Å². The SMILES string of the molecule is CN(C)CCn1cc(Cc2ccccc2)c2cnccc21. The van der Waals surface area contributed by atoms with Gasteiger partial charge in [0.1, 0.15) is 0 Å². The van der Waals surface area contributed by atoms with Gasteiger partial charge >= 0.3 is 0 Å². The van der Waals surface area contributed by atoms with Crippen molar-refractivity contribution in [3.05, 3.63) is 66.1 Å². The van der Waals surface area contributed by atoms with E-state index in [2.05, 4.69) is 71.1 Å². The lowest BCUT2D eigenvalue weighted by Crippen LogP contribution is -2.17. The van der Waals surface area contributed by atoms with Gasteiger partial charge in [0.05, 0.1) is 5.52 Å². The zero-order chi connectivity index (χ0) is 14.7. The molecule has 0 atom stereocenters. The first kappa shape index (κ1) is 13.8. The average Bonchev–Trinajstić information content (AvgIpc) is 2.85. The lowest BCUT2D eigenvalue weighted by molar-refractivity contribution is 0.387. The van der Waals surface area contributed by atoms with Crippen LogP contribution in [-0.2, 0) is 13.0 Å². The molecule has 3 aromatic rings. The van der Waals surface area contributed by atoms with Gasteiger partial charge in [-0.25, -0.2) is 0 Å². The molecule has 0 bridgehead atoms. The fourth-order valence-corrected chi connectivity index (χ4v) is 2.66. The normalized spacial score (nSPS) is 11.4. The number of rotatable bonds is 5. The summed E-state index contributed by atoms with van der Waals surface area (Å²) in [6.45, 7) is 2.04. The summed E-state index contributed by atoms with van der Waals surface area (Å²) in [6, 6.07) is 12.7. The van der Waals surface area contributed by atoms with E-state index in [0.29, 0.717) is 0 Å². The molecule has 108 valence electrons. The van der Waals surface area contributed by atoms with E-state index in [1.165, 1.54) is 22.0 Å². The van der Waals surface area contributed by atoms with E-state index in [0.717, 1.165) is 19.5 Å². The molecular formula is C18H21N3. The van der Waals surface area contributed by atoms with Gasteiger partial charge in [-0.05, 0) is 37.7 Å². The first-order chi connectivity index (χ1) is 10.2. The summed E-state index contributed by atoms with van der Waals surface area (Å²) in [7, 11) is 4.22. The minimum atomic E-state index is 0.956.